The van der Waals surface area contributed by atoms with Gasteiger partial charge in [0, 0.05) is 50.5 Å². The lowest BCUT2D eigenvalue weighted by Gasteiger charge is -2.37. The normalized spacial score (nSPS) is 17.1. The maximum absolute atomic E-state index is 12.1. The lowest BCUT2D eigenvalue weighted by Crippen LogP contribution is -2.53. The Morgan fingerprint density at radius 1 is 1.40 bits per heavy atom. The third-order valence-electron chi connectivity index (χ3n) is 3.54. The number of amides is 1. The molecule has 1 atom stereocenters. The summed E-state index contributed by atoms with van der Waals surface area (Å²) >= 11 is 6.00. The molecule has 1 aliphatic heterocycles. The van der Waals surface area contributed by atoms with Gasteiger partial charge in [0.05, 0.1) is 0 Å². The largest absolute Gasteiger partial charge is 0.370 e. The highest BCUT2D eigenvalue weighted by Crippen LogP contribution is 2.20. The molecule has 1 fully saturated rings. The third-order valence-corrected chi connectivity index (χ3v) is 3.77. The van der Waals surface area contributed by atoms with Crippen LogP contribution in [0, 0.1) is 0 Å². The average Bonchev–Trinajstić information content (AvgIpc) is 2.48. The highest BCUT2D eigenvalue weighted by atomic mass is 35.5. The van der Waals surface area contributed by atoms with Gasteiger partial charge < -0.3 is 20.3 Å². The maximum atomic E-state index is 12.1. The van der Waals surface area contributed by atoms with Crippen LogP contribution >= 0.6 is 11.6 Å². The van der Waals surface area contributed by atoms with Crippen LogP contribution in [0.4, 0.5) is 5.69 Å². The number of nitrogens with two attached hydrogens (primary N) is 1. The number of halogens is 1. The van der Waals surface area contributed by atoms with Crippen molar-refractivity contribution in [1.82, 2.24) is 4.90 Å². The van der Waals surface area contributed by atoms with Crippen LogP contribution in [0.2, 0.25) is 5.02 Å². The zero-order valence-corrected chi connectivity index (χ0v) is 12.3. The molecule has 1 aromatic rings. The van der Waals surface area contributed by atoms with Gasteiger partial charge >= 0.3 is 0 Å². The minimum absolute atomic E-state index is 0.0271. The van der Waals surface area contributed by atoms with Crippen LogP contribution in [0.3, 0.4) is 0 Å². The summed E-state index contributed by atoms with van der Waals surface area (Å²) in [7, 11) is 1.51. The van der Waals surface area contributed by atoms with Crippen molar-refractivity contribution in [3.05, 3.63) is 29.3 Å². The van der Waals surface area contributed by atoms with Crippen LogP contribution in [0.25, 0.3) is 0 Å². The van der Waals surface area contributed by atoms with Crippen molar-refractivity contribution < 1.29 is 9.53 Å². The van der Waals surface area contributed by atoms with Gasteiger partial charge in [-0.05, 0) is 18.2 Å². The van der Waals surface area contributed by atoms with Gasteiger partial charge in [0.15, 0.2) is 0 Å². The van der Waals surface area contributed by atoms with Crippen molar-refractivity contribution in [1.29, 1.82) is 0 Å². The number of carbonyl (C=O) groups is 1. The van der Waals surface area contributed by atoms with Crippen molar-refractivity contribution in [3.63, 3.8) is 0 Å². The molecule has 5 nitrogen and oxygen atoms in total. The van der Waals surface area contributed by atoms with E-state index in [9.17, 15) is 4.79 Å². The Kier molecular flexibility index (Phi) is 5.23. The van der Waals surface area contributed by atoms with Crippen LogP contribution in [0.15, 0.2) is 24.3 Å². The van der Waals surface area contributed by atoms with Gasteiger partial charge in [-0.3, -0.25) is 4.79 Å². The monoisotopic (exact) mass is 297 g/mol. The molecule has 1 saturated heterocycles. The Bertz CT molecular complexity index is 457. The Hall–Kier alpha value is -1.30. The first-order valence-electron chi connectivity index (χ1n) is 6.68. The number of carbonyl (C=O) groups excluding carboxylic acids is 1. The number of hydrogen-bond acceptors (Lipinski definition) is 4. The number of nitrogens with zero attached hydrogens (tertiary/aromatic N) is 2. The standard InChI is InChI=1S/C14H20ClN3O2/c1-20-13(10-16)14(19)18-7-5-17(6-8-18)12-4-2-3-11(15)9-12/h2-4,9,13H,5-8,10,16H2,1H3. The number of hydrogen-bond donors (Lipinski definition) is 1. The molecule has 110 valence electrons. The van der Waals surface area contributed by atoms with E-state index >= 15 is 0 Å². The van der Waals surface area contributed by atoms with Crippen molar-refractivity contribution in [2.45, 2.75) is 6.10 Å². The van der Waals surface area contributed by atoms with Gasteiger partial charge in [0.2, 0.25) is 0 Å². The van der Waals surface area contributed by atoms with E-state index in [0.29, 0.717) is 13.1 Å². The van der Waals surface area contributed by atoms with Gasteiger partial charge in [-0.1, -0.05) is 17.7 Å². The second kappa shape index (κ2) is 6.92. The summed E-state index contributed by atoms with van der Waals surface area (Å²) in [6.45, 7) is 3.13. The zero-order chi connectivity index (χ0) is 14.5. The molecule has 2 rings (SSSR count). The van der Waals surface area contributed by atoms with Crippen LogP contribution in [-0.4, -0.2) is 56.7 Å². The van der Waals surface area contributed by atoms with E-state index in [-0.39, 0.29) is 12.5 Å². The fourth-order valence-electron chi connectivity index (χ4n) is 2.36. The molecule has 1 heterocycles. The molecule has 2 N–H and O–H groups in total. The first kappa shape index (κ1) is 15.1. The van der Waals surface area contributed by atoms with Gasteiger partial charge in [-0.2, -0.15) is 0 Å². The highest BCUT2D eigenvalue weighted by Gasteiger charge is 2.26. The molecule has 1 unspecified atom stereocenters. The second-order valence-electron chi connectivity index (χ2n) is 4.75. The fourth-order valence-corrected chi connectivity index (χ4v) is 2.54. The van der Waals surface area contributed by atoms with E-state index in [1.807, 2.05) is 29.2 Å². The fraction of sp³-hybridized carbons (Fsp3) is 0.500. The summed E-state index contributed by atoms with van der Waals surface area (Å²) in [5, 5.41) is 0.726. The maximum Gasteiger partial charge on any atom is 0.253 e. The minimum atomic E-state index is -0.535. The third kappa shape index (κ3) is 3.42. The Morgan fingerprint density at radius 2 is 2.10 bits per heavy atom. The van der Waals surface area contributed by atoms with Crippen molar-refractivity contribution in [3.8, 4) is 0 Å². The molecule has 0 saturated carbocycles. The molecule has 0 aromatic heterocycles. The quantitative estimate of drug-likeness (QED) is 0.899. The molecule has 0 radical (unpaired) electrons. The SMILES string of the molecule is COC(CN)C(=O)N1CCN(c2cccc(Cl)c2)CC1. The zero-order valence-electron chi connectivity index (χ0n) is 11.6. The van der Waals surface area contributed by atoms with Crippen molar-refractivity contribution >= 4 is 23.2 Å². The molecule has 0 aliphatic carbocycles. The minimum Gasteiger partial charge on any atom is -0.370 e. The first-order valence-corrected chi connectivity index (χ1v) is 7.05. The molecule has 1 amide bonds. The molecule has 20 heavy (non-hydrogen) atoms. The summed E-state index contributed by atoms with van der Waals surface area (Å²) in [6.07, 6.45) is -0.535. The number of benzene rings is 1. The number of ether oxygens (including phenoxy) is 1. The topological polar surface area (TPSA) is 58.8 Å². The van der Waals surface area contributed by atoms with E-state index < -0.39 is 6.10 Å². The number of rotatable bonds is 4. The van der Waals surface area contributed by atoms with Gasteiger partial charge in [-0.15, -0.1) is 0 Å². The van der Waals surface area contributed by atoms with Crippen LogP contribution < -0.4 is 10.6 Å². The van der Waals surface area contributed by atoms with Crippen LogP contribution in [-0.2, 0) is 9.53 Å². The van der Waals surface area contributed by atoms with Gasteiger partial charge in [0.1, 0.15) is 6.10 Å². The smallest absolute Gasteiger partial charge is 0.253 e. The summed E-state index contributed by atoms with van der Waals surface area (Å²) in [6, 6.07) is 7.76. The highest BCUT2D eigenvalue weighted by molar-refractivity contribution is 6.30. The first-order chi connectivity index (χ1) is 9.65. The summed E-state index contributed by atoms with van der Waals surface area (Å²) in [4.78, 5) is 16.2. The summed E-state index contributed by atoms with van der Waals surface area (Å²) < 4.78 is 5.09. The van der Waals surface area contributed by atoms with Crippen molar-refractivity contribution in [2.24, 2.45) is 5.73 Å². The van der Waals surface area contributed by atoms with E-state index in [0.717, 1.165) is 23.8 Å². The van der Waals surface area contributed by atoms with Crippen LogP contribution in [0.1, 0.15) is 0 Å². The summed E-state index contributed by atoms with van der Waals surface area (Å²) in [5.41, 5.74) is 6.62. The number of methoxy groups -OCH3 is 1. The molecule has 0 spiro atoms. The number of anilines is 1. The Balaban J connectivity index is 1.94. The lowest BCUT2D eigenvalue weighted by atomic mass is 10.2. The van der Waals surface area contributed by atoms with Crippen LogP contribution in [0.5, 0.6) is 0 Å². The number of piperazine rings is 1. The van der Waals surface area contributed by atoms with E-state index in [2.05, 4.69) is 4.90 Å². The Labute approximate surface area is 124 Å². The lowest BCUT2D eigenvalue weighted by molar-refractivity contribution is -0.141. The van der Waals surface area contributed by atoms with Crippen molar-refractivity contribution in [2.75, 3.05) is 44.7 Å². The second-order valence-corrected chi connectivity index (χ2v) is 5.19. The molecule has 1 aliphatic rings. The predicted octanol–water partition coefficient (Wildman–Crippen LogP) is 0.962. The van der Waals surface area contributed by atoms with Gasteiger partial charge in [-0.25, -0.2) is 0 Å². The van der Waals surface area contributed by atoms with E-state index in [1.54, 1.807) is 0 Å². The average molecular weight is 298 g/mol. The van der Waals surface area contributed by atoms with E-state index in [1.165, 1.54) is 7.11 Å². The van der Waals surface area contributed by atoms with Gasteiger partial charge in [0.25, 0.3) is 5.91 Å². The molecule has 1 aromatic carbocycles. The van der Waals surface area contributed by atoms with E-state index in [4.69, 9.17) is 22.1 Å². The Morgan fingerprint density at radius 3 is 2.65 bits per heavy atom. The predicted molar refractivity (Wildman–Crippen MR) is 80.1 cm³/mol. The molecule has 0 bridgehead atoms. The summed E-state index contributed by atoms with van der Waals surface area (Å²) in [5.74, 6) is -0.0271. The molecule has 6 heteroatoms. The molecular weight excluding hydrogens is 278 g/mol. The molecular formula is C14H20ClN3O2.